The number of benzene rings is 2. The summed E-state index contributed by atoms with van der Waals surface area (Å²) in [4.78, 5) is 27.1. The highest BCUT2D eigenvalue weighted by molar-refractivity contribution is 7.89. The molecule has 2 aliphatic heterocycles. The summed E-state index contributed by atoms with van der Waals surface area (Å²) in [5, 5.41) is 2.84. The molecule has 2 amide bonds. The molecule has 7 nitrogen and oxygen atoms in total. The Kier molecular flexibility index (Phi) is 6.86. The fraction of sp³-hybridized carbons (Fsp3) is 0.440. The summed E-state index contributed by atoms with van der Waals surface area (Å²) in [5.41, 5.74) is 2.42. The lowest BCUT2D eigenvalue weighted by molar-refractivity contribution is -0.122. The van der Waals surface area contributed by atoms with E-state index in [0.29, 0.717) is 18.8 Å². The Morgan fingerprint density at radius 1 is 1.06 bits per heavy atom. The SMILES string of the molecule is CC[C@H]1CCCCN1S(=O)(=O)c1ccc(NC(=O)[C@H]2CC(=O)N(c3ccc(C)cc3)C2)cc1. The number of sulfonamides is 1. The number of amides is 2. The van der Waals surface area contributed by atoms with Crippen LogP contribution >= 0.6 is 0 Å². The van der Waals surface area contributed by atoms with E-state index in [1.807, 2.05) is 38.1 Å². The number of carbonyl (C=O) groups is 2. The van der Waals surface area contributed by atoms with E-state index in [4.69, 9.17) is 0 Å². The Labute approximate surface area is 195 Å². The van der Waals surface area contributed by atoms with Gasteiger partial charge in [0.1, 0.15) is 0 Å². The molecule has 0 radical (unpaired) electrons. The zero-order chi connectivity index (χ0) is 23.6. The first-order valence-corrected chi connectivity index (χ1v) is 13.0. The van der Waals surface area contributed by atoms with Crippen LogP contribution in [-0.4, -0.2) is 43.7 Å². The van der Waals surface area contributed by atoms with Gasteiger partial charge < -0.3 is 10.2 Å². The van der Waals surface area contributed by atoms with E-state index in [2.05, 4.69) is 5.32 Å². The maximum Gasteiger partial charge on any atom is 0.243 e. The van der Waals surface area contributed by atoms with Crippen LogP contribution in [0.5, 0.6) is 0 Å². The highest BCUT2D eigenvalue weighted by atomic mass is 32.2. The van der Waals surface area contributed by atoms with Gasteiger partial charge in [0.05, 0.1) is 10.8 Å². The molecular formula is C25H31N3O4S. The van der Waals surface area contributed by atoms with E-state index < -0.39 is 15.9 Å². The molecular weight excluding hydrogens is 438 g/mol. The summed E-state index contributed by atoms with van der Waals surface area (Å²) in [6.45, 7) is 4.88. The van der Waals surface area contributed by atoms with Gasteiger partial charge in [0, 0.05) is 36.9 Å². The van der Waals surface area contributed by atoms with Crippen LogP contribution in [0.1, 0.15) is 44.6 Å². The summed E-state index contributed by atoms with van der Waals surface area (Å²) in [6.07, 6.45) is 3.78. The number of anilines is 2. The van der Waals surface area contributed by atoms with Crippen LogP contribution in [-0.2, 0) is 19.6 Å². The number of hydrogen-bond donors (Lipinski definition) is 1. The van der Waals surface area contributed by atoms with Gasteiger partial charge >= 0.3 is 0 Å². The fourth-order valence-corrected chi connectivity index (χ4v) is 6.41. The summed E-state index contributed by atoms with van der Waals surface area (Å²) in [6, 6.07) is 14.0. The monoisotopic (exact) mass is 469 g/mol. The Hall–Kier alpha value is -2.71. The Bertz CT molecular complexity index is 1110. The van der Waals surface area contributed by atoms with Gasteiger partial charge in [-0.3, -0.25) is 9.59 Å². The fourth-order valence-electron chi connectivity index (χ4n) is 4.65. The molecule has 33 heavy (non-hydrogen) atoms. The number of carbonyl (C=O) groups excluding carboxylic acids is 2. The Balaban J connectivity index is 1.41. The molecule has 0 bridgehead atoms. The van der Waals surface area contributed by atoms with Crippen LogP contribution in [0.4, 0.5) is 11.4 Å². The first-order chi connectivity index (χ1) is 15.8. The highest BCUT2D eigenvalue weighted by Gasteiger charge is 2.35. The predicted octanol–water partition coefficient (Wildman–Crippen LogP) is 3.94. The molecule has 176 valence electrons. The van der Waals surface area contributed by atoms with Crippen LogP contribution in [0.2, 0.25) is 0 Å². The number of piperidine rings is 1. The lowest BCUT2D eigenvalue weighted by Gasteiger charge is -2.34. The van der Waals surface area contributed by atoms with E-state index >= 15 is 0 Å². The molecule has 2 atom stereocenters. The van der Waals surface area contributed by atoms with Crippen molar-refractivity contribution in [3.63, 3.8) is 0 Å². The molecule has 8 heteroatoms. The molecule has 0 unspecified atom stereocenters. The molecule has 0 aliphatic carbocycles. The summed E-state index contributed by atoms with van der Waals surface area (Å²) >= 11 is 0. The van der Waals surface area contributed by atoms with Crippen molar-refractivity contribution in [3.05, 3.63) is 54.1 Å². The molecule has 2 saturated heterocycles. The van der Waals surface area contributed by atoms with Crippen molar-refractivity contribution in [1.29, 1.82) is 0 Å². The topological polar surface area (TPSA) is 86.8 Å². The zero-order valence-corrected chi connectivity index (χ0v) is 20.0. The second kappa shape index (κ2) is 9.65. The minimum Gasteiger partial charge on any atom is -0.326 e. The number of nitrogens with zero attached hydrogens (tertiary/aromatic N) is 2. The lowest BCUT2D eigenvalue weighted by Crippen LogP contribution is -2.43. The van der Waals surface area contributed by atoms with Gasteiger partial charge in [0.25, 0.3) is 0 Å². The average molecular weight is 470 g/mol. The van der Waals surface area contributed by atoms with E-state index in [1.54, 1.807) is 33.5 Å². The second-order valence-electron chi connectivity index (χ2n) is 8.93. The smallest absolute Gasteiger partial charge is 0.243 e. The third-order valence-corrected chi connectivity index (χ3v) is 8.58. The van der Waals surface area contributed by atoms with Gasteiger partial charge in [-0.15, -0.1) is 0 Å². The van der Waals surface area contributed by atoms with Crippen molar-refractivity contribution in [1.82, 2.24) is 4.31 Å². The third kappa shape index (κ3) is 4.96. The molecule has 2 aliphatic rings. The van der Waals surface area contributed by atoms with Crippen molar-refractivity contribution < 1.29 is 18.0 Å². The Morgan fingerprint density at radius 3 is 2.42 bits per heavy atom. The van der Waals surface area contributed by atoms with Gasteiger partial charge in [-0.1, -0.05) is 31.0 Å². The molecule has 0 spiro atoms. The van der Waals surface area contributed by atoms with E-state index in [-0.39, 0.29) is 29.2 Å². The highest BCUT2D eigenvalue weighted by Crippen LogP contribution is 2.29. The van der Waals surface area contributed by atoms with Crippen LogP contribution in [0.3, 0.4) is 0 Å². The standard InChI is InChI=1S/C25H31N3O4S/c1-3-21-6-4-5-15-28(21)33(31,32)23-13-9-20(10-14-23)26-25(30)19-16-24(29)27(17-19)22-11-7-18(2)8-12-22/h7-14,19,21H,3-6,15-17H2,1-2H3,(H,26,30)/t19-,21-/m0/s1. The minimum absolute atomic E-state index is 0.0412. The maximum absolute atomic E-state index is 13.1. The van der Waals surface area contributed by atoms with Crippen LogP contribution in [0.15, 0.2) is 53.4 Å². The van der Waals surface area contributed by atoms with Gasteiger partial charge in [0.15, 0.2) is 0 Å². The van der Waals surface area contributed by atoms with Crippen LogP contribution < -0.4 is 10.2 Å². The number of aryl methyl sites for hydroxylation is 1. The van der Waals surface area contributed by atoms with E-state index in [0.717, 1.165) is 36.9 Å². The minimum atomic E-state index is -3.56. The van der Waals surface area contributed by atoms with Crippen LogP contribution in [0.25, 0.3) is 0 Å². The molecule has 2 aromatic rings. The predicted molar refractivity (Wildman–Crippen MR) is 129 cm³/mol. The number of hydrogen-bond acceptors (Lipinski definition) is 4. The quantitative estimate of drug-likeness (QED) is 0.694. The normalized spacial score (nSPS) is 21.9. The van der Waals surface area contributed by atoms with Gasteiger partial charge in [0.2, 0.25) is 21.8 Å². The van der Waals surface area contributed by atoms with Crippen molar-refractivity contribution >= 4 is 33.2 Å². The lowest BCUT2D eigenvalue weighted by atomic mass is 10.0. The first kappa shape index (κ1) is 23.4. The van der Waals surface area contributed by atoms with Crippen molar-refractivity contribution in [2.45, 2.75) is 56.9 Å². The Morgan fingerprint density at radius 2 is 1.76 bits per heavy atom. The molecule has 0 aromatic heterocycles. The summed E-state index contributed by atoms with van der Waals surface area (Å²) in [7, 11) is -3.56. The molecule has 2 aromatic carbocycles. The number of nitrogens with one attached hydrogen (secondary N) is 1. The van der Waals surface area contributed by atoms with Gasteiger partial charge in [-0.05, 0) is 62.6 Å². The molecule has 0 saturated carbocycles. The maximum atomic E-state index is 13.1. The average Bonchev–Trinajstić information content (AvgIpc) is 3.21. The number of rotatable bonds is 6. The molecule has 2 fully saturated rings. The van der Waals surface area contributed by atoms with Crippen molar-refractivity contribution in [2.24, 2.45) is 5.92 Å². The largest absolute Gasteiger partial charge is 0.326 e. The molecule has 2 heterocycles. The molecule has 1 N–H and O–H groups in total. The zero-order valence-electron chi connectivity index (χ0n) is 19.2. The second-order valence-corrected chi connectivity index (χ2v) is 10.8. The summed E-state index contributed by atoms with van der Waals surface area (Å²) < 4.78 is 27.9. The van der Waals surface area contributed by atoms with Gasteiger partial charge in [-0.25, -0.2) is 8.42 Å². The van der Waals surface area contributed by atoms with Crippen molar-refractivity contribution in [3.8, 4) is 0 Å². The van der Waals surface area contributed by atoms with E-state index in [1.165, 1.54) is 0 Å². The van der Waals surface area contributed by atoms with E-state index in [9.17, 15) is 18.0 Å². The first-order valence-electron chi connectivity index (χ1n) is 11.6. The molecule has 4 rings (SSSR count). The van der Waals surface area contributed by atoms with Crippen LogP contribution in [0, 0.1) is 12.8 Å². The van der Waals surface area contributed by atoms with Crippen molar-refractivity contribution in [2.75, 3.05) is 23.3 Å². The summed E-state index contributed by atoms with van der Waals surface area (Å²) in [5.74, 6) is -0.774. The van der Waals surface area contributed by atoms with Gasteiger partial charge in [-0.2, -0.15) is 4.31 Å². The third-order valence-electron chi connectivity index (χ3n) is 6.61.